The van der Waals surface area contributed by atoms with Crippen molar-refractivity contribution in [3.63, 3.8) is 0 Å². The molecule has 2 rings (SSSR count). The Bertz CT molecular complexity index is 316. The minimum Gasteiger partial charge on any atom is -0.352 e. The molecule has 4 nitrogen and oxygen atoms in total. The van der Waals surface area contributed by atoms with Crippen LogP contribution in [0.15, 0.2) is 0 Å². The molecule has 0 radical (unpaired) electrons. The van der Waals surface area contributed by atoms with Gasteiger partial charge < -0.3 is 15.5 Å². The molecule has 21 heavy (non-hydrogen) atoms. The van der Waals surface area contributed by atoms with Crippen molar-refractivity contribution in [2.45, 2.75) is 75.8 Å². The maximum Gasteiger partial charge on any atom is 0.234 e. The molecule has 4 heteroatoms. The number of carbonyl (C=O) groups is 1. The zero-order valence-corrected chi connectivity index (χ0v) is 13.9. The molecule has 0 bridgehead atoms. The third kappa shape index (κ3) is 4.96. The summed E-state index contributed by atoms with van der Waals surface area (Å²) in [4.78, 5) is 14.4. The number of carbonyl (C=O) groups excluding carboxylic acids is 1. The lowest BCUT2D eigenvalue weighted by atomic mass is 9.96. The largest absolute Gasteiger partial charge is 0.352 e. The minimum absolute atomic E-state index is 0.175. The van der Waals surface area contributed by atoms with Crippen LogP contribution in [0.25, 0.3) is 0 Å². The second kappa shape index (κ2) is 8.14. The summed E-state index contributed by atoms with van der Waals surface area (Å²) in [6, 6.07) is 0.413. The van der Waals surface area contributed by atoms with E-state index in [4.69, 9.17) is 0 Å². The topological polar surface area (TPSA) is 44.4 Å². The van der Waals surface area contributed by atoms with Gasteiger partial charge in [0.05, 0.1) is 6.54 Å². The normalized spacial score (nSPS) is 23.2. The van der Waals surface area contributed by atoms with Gasteiger partial charge in [-0.05, 0) is 39.8 Å². The Balaban J connectivity index is 1.68. The first-order chi connectivity index (χ1) is 10.1. The van der Waals surface area contributed by atoms with Gasteiger partial charge in [-0.3, -0.25) is 4.79 Å². The maximum absolute atomic E-state index is 12.1. The highest BCUT2D eigenvalue weighted by atomic mass is 16.1. The van der Waals surface area contributed by atoms with E-state index in [0.29, 0.717) is 12.6 Å². The van der Waals surface area contributed by atoms with Crippen LogP contribution in [-0.2, 0) is 4.79 Å². The second-order valence-electron chi connectivity index (χ2n) is 7.19. The average molecular weight is 295 g/mol. The number of nitrogens with one attached hydrogen (secondary N) is 2. The summed E-state index contributed by atoms with van der Waals surface area (Å²) in [5, 5.41) is 6.61. The molecule has 2 N–H and O–H groups in total. The summed E-state index contributed by atoms with van der Waals surface area (Å²) >= 11 is 0. The van der Waals surface area contributed by atoms with E-state index in [0.717, 1.165) is 19.4 Å². The van der Waals surface area contributed by atoms with Crippen LogP contribution in [0.2, 0.25) is 0 Å². The molecule has 0 saturated heterocycles. The highest BCUT2D eigenvalue weighted by Crippen LogP contribution is 2.32. The molecular weight excluding hydrogens is 262 g/mol. The number of rotatable bonds is 6. The van der Waals surface area contributed by atoms with E-state index in [9.17, 15) is 4.79 Å². The van der Waals surface area contributed by atoms with Crippen molar-refractivity contribution in [2.24, 2.45) is 0 Å². The monoisotopic (exact) mass is 295 g/mol. The Kier molecular flexibility index (Phi) is 6.49. The number of amides is 1. The van der Waals surface area contributed by atoms with E-state index in [2.05, 4.69) is 29.6 Å². The molecular formula is C17H33N3O. The number of hydrogen-bond donors (Lipinski definition) is 2. The van der Waals surface area contributed by atoms with Gasteiger partial charge in [-0.15, -0.1) is 0 Å². The lowest BCUT2D eigenvalue weighted by molar-refractivity contribution is -0.121. The van der Waals surface area contributed by atoms with Crippen molar-refractivity contribution >= 4 is 5.91 Å². The Hall–Kier alpha value is -0.610. The lowest BCUT2D eigenvalue weighted by Gasteiger charge is -2.36. The molecule has 1 amide bonds. The van der Waals surface area contributed by atoms with Crippen molar-refractivity contribution in [1.82, 2.24) is 15.5 Å². The highest BCUT2D eigenvalue weighted by Gasteiger charge is 2.35. The molecule has 0 aliphatic heterocycles. The van der Waals surface area contributed by atoms with E-state index in [1.165, 1.54) is 51.4 Å². The molecule has 0 unspecified atom stereocenters. The van der Waals surface area contributed by atoms with E-state index in [1.807, 2.05) is 0 Å². The van der Waals surface area contributed by atoms with E-state index in [-0.39, 0.29) is 11.4 Å². The van der Waals surface area contributed by atoms with Crippen LogP contribution in [0.5, 0.6) is 0 Å². The van der Waals surface area contributed by atoms with E-state index in [1.54, 1.807) is 0 Å². The van der Waals surface area contributed by atoms with Gasteiger partial charge in [0.2, 0.25) is 5.91 Å². The first-order valence-corrected chi connectivity index (χ1v) is 8.80. The summed E-state index contributed by atoms with van der Waals surface area (Å²) in [5.74, 6) is 0.175. The Morgan fingerprint density at radius 2 is 1.67 bits per heavy atom. The molecule has 0 atom stereocenters. The van der Waals surface area contributed by atoms with Crippen molar-refractivity contribution in [2.75, 3.05) is 27.2 Å². The quantitative estimate of drug-likeness (QED) is 0.739. The lowest BCUT2D eigenvalue weighted by Crippen LogP contribution is -2.51. The van der Waals surface area contributed by atoms with Gasteiger partial charge in [0, 0.05) is 18.1 Å². The zero-order valence-electron chi connectivity index (χ0n) is 13.9. The fourth-order valence-electron chi connectivity index (χ4n) is 3.93. The van der Waals surface area contributed by atoms with Gasteiger partial charge in [0.15, 0.2) is 0 Å². The predicted molar refractivity (Wildman–Crippen MR) is 87.4 cm³/mol. The van der Waals surface area contributed by atoms with Crippen LogP contribution in [0, 0.1) is 0 Å². The van der Waals surface area contributed by atoms with Gasteiger partial charge in [-0.1, -0.05) is 38.5 Å². The van der Waals surface area contributed by atoms with Crippen molar-refractivity contribution in [3.05, 3.63) is 0 Å². The average Bonchev–Trinajstić information content (AvgIpc) is 2.79. The molecule has 2 aliphatic rings. The highest BCUT2D eigenvalue weighted by molar-refractivity contribution is 5.78. The van der Waals surface area contributed by atoms with Crippen LogP contribution in [0.1, 0.15) is 64.2 Å². The summed E-state index contributed by atoms with van der Waals surface area (Å²) in [6.07, 6.45) is 12.6. The fourth-order valence-corrected chi connectivity index (χ4v) is 3.93. The van der Waals surface area contributed by atoms with Gasteiger partial charge in [0.1, 0.15) is 0 Å². The fraction of sp³-hybridized carbons (Fsp3) is 0.941. The summed E-state index contributed by atoms with van der Waals surface area (Å²) in [7, 11) is 4.33. The van der Waals surface area contributed by atoms with Crippen molar-refractivity contribution in [1.29, 1.82) is 0 Å². The molecule has 2 aliphatic carbocycles. The first-order valence-electron chi connectivity index (χ1n) is 8.80. The van der Waals surface area contributed by atoms with Gasteiger partial charge >= 0.3 is 0 Å². The van der Waals surface area contributed by atoms with Crippen LogP contribution in [0.3, 0.4) is 0 Å². The SMILES string of the molecule is CN(C)C1(CNCC(=O)NC2CCCCCC2)CCCC1. The minimum atomic E-state index is 0.175. The van der Waals surface area contributed by atoms with Gasteiger partial charge in [0.25, 0.3) is 0 Å². The third-order valence-electron chi connectivity index (χ3n) is 5.44. The standard InChI is InChI=1S/C17H33N3O/c1-20(2)17(11-7-8-12-17)14-18-13-16(21)19-15-9-5-3-4-6-10-15/h15,18H,3-14H2,1-2H3,(H,19,21). The van der Waals surface area contributed by atoms with E-state index >= 15 is 0 Å². The Labute approximate surface area is 130 Å². The van der Waals surface area contributed by atoms with Crippen LogP contribution in [0.4, 0.5) is 0 Å². The molecule has 122 valence electrons. The van der Waals surface area contributed by atoms with Crippen molar-refractivity contribution in [3.8, 4) is 0 Å². The maximum atomic E-state index is 12.1. The number of nitrogens with zero attached hydrogens (tertiary/aromatic N) is 1. The second-order valence-corrected chi connectivity index (χ2v) is 7.19. The first kappa shape index (κ1) is 16.8. The Morgan fingerprint density at radius 1 is 1.05 bits per heavy atom. The molecule has 0 aromatic carbocycles. The summed E-state index contributed by atoms with van der Waals surface area (Å²) in [6.45, 7) is 1.39. The Morgan fingerprint density at radius 3 is 2.24 bits per heavy atom. The third-order valence-corrected chi connectivity index (χ3v) is 5.44. The molecule has 2 saturated carbocycles. The zero-order chi connectivity index (χ0) is 15.1. The number of likely N-dealkylation sites (N-methyl/N-ethyl adjacent to an activating group) is 1. The van der Waals surface area contributed by atoms with E-state index < -0.39 is 0 Å². The predicted octanol–water partition coefficient (Wildman–Crippen LogP) is 2.29. The molecule has 0 aromatic heterocycles. The summed E-state index contributed by atoms with van der Waals surface area (Å²) < 4.78 is 0. The molecule has 2 fully saturated rings. The van der Waals surface area contributed by atoms with Crippen LogP contribution < -0.4 is 10.6 Å². The van der Waals surface area contributed by atoms with Crippen LogP contribution >= 0.6 is 0 Å². The van der Waals surface area contributed by atoms with Gasteiger partial charge in [-0.25, -0.2) is 0 Å². The molecule has 0 aromatic rings. The molecule has 0 spiro atoms. The number of hydrogen-bond acceptors (Lipinski definition) is 3. The van der Waals surface area contributed by atoms with Crippen molar-refractivity contribution < 1.29 is 4.79 Å². The molecule has 0 heterocycles. The summed E-state index contributed by atoms with van der Waals surface area (Å²) in [5.41, 5.74) is 0.266. The van der Waals surface area contributed by atoms with Gasteiger partial charge in [-0.2, -0.15) is 0 Å². The van der Waals surface area contributed by atoms with Crippen LogP contribution in [-0.4, -0.2) is 49.6 Å². The smallest absolute Gasteiger partial charge is 0.234 e.